The number of ether oxygens (including phenoxy) is 1. The molecule has 2 N–H and O–H groups in total. The van der Waals surface area contributed by atoms with Gasteiger partial charge in [0.05, 0.1) is 14.9 Å². The molecule has 0 aliphatic rings. The zero-order chi connectivity index (χ0) is 15.8. The summed E-state index contributed by atoms with van der Waals surface area (Å²) in [5.74, 6) is -0.367. The van der Waals surface area contributed by atoms with Gasteiger partial charge in [-0.05, 0) is 44.9 Å². The molecular weight excluding hydrogens is 326 g/mol. The van der Waals surface area contributed by atoms with E-state index in [1.807, 2.05) is 39.8 Å². The van der Waals surface area contributed by atoms with Gasteiger partial charge in [-0.2, -0.15) is 0 Å². The van der Waals surface area contributed by atoms with Crippen LogP contribution in [0, 0.1) is 0 Å². The highest BCUT2D eigenvalue weighted by atomic mass is 35.5. The predicted molar refractivity (Wildman–Crippen MR) is 91.6 cm³/mol. The van der Waals surface area contributed by atoms with E-state index in [0.717, 1.165) is 26.1 Å². The van der Waals surface area contributed by atoms with Gasteiger partial charge in [0.1, 0.15) is 10.5 Å². The number of nitrogens with two attached hydrogens (primary N) is 1. The molecule has 0 aliphatic heterocycles. The first kappa shape index (κ1) is 16.3. The maximum Gasteiger partial charge on any atom is 0.351 e. The fourth-order valence-corrected chi connectivity index (χ4v) is 4.31. The lowest BCUT2D eigenvalue weighted by molar-refractivity contribution is 0.00763. The Hall–Kier alpha value is -1.04. The lowest BCUT2D eigenvalue weighted by Crippen LogP contribution is -2.23. The summed E-state index contributed by atoms with van der Waals surface area (Å²) in [6.07, 6.45) is 0.760. The quantitative estimate of drug-likeness (QED) is 0.776. The first-order chi connectivity index (χ1) is 9.73. The van der Waals surface area contributed by atoms with Crippen molar-refractivity contribution < 1.29 is 9.53 Å². The lowest BCUT2D eigenvalue weighted by Gasteiger charge is -2.19. The van der Waals surface area contributed by atoms with Crippen molar-refractivity contribution in [2.75, 3.05) is 5.73 Å². The molecule has 0 bridgehead atoms. The molecule has 0 radical (unpaired) electrons. The Morgan fingerprint density at radius 3 is 2.48 bits per heavy atom. The molecule has 0 fully saturated rings. The maximum atomic E-state index is 12.3. The van der Waals surface area contributed by atoms with Crippen LogP contribution in [0.3, 0.4) is 0 Å². The van der Waals surface area contributed by atoms with Crippen LogP contribution in [0.1, 0.15) is 42.9 Å². The van der Waals surface area contributed by atoms with Gasteiger partial charge in [0.2, 0.25) is 0 Å². The second kappa shape index (κ2) is 5.99. The first-order valence-corrected chi connectivity index (χ1v) is 8.64. The van der Waals surface area contributed by atoms with Gasteiger partial charge in [0.15, 0.2) is 0 Å². The standard InChI is InChI=1S/C15H18ClNO2S2/c1-5-8-11(17)13(14(18)19-15(2,3)4)21-12(8)9-6-7-10(16)20-9/h6-7H,5,17H2,1-4H3. The molecule has 0 amide bonds. The van der Waals surface area contributed by atoms with E-state index in [9.17, 15) is 4.79 Å². The van der Waals surface area contributed by atoms with Gasteiger partial charge < -0.3 is 10.5 Å². The molecule has 0 aliphatic carbocycles. The zero-order valence-corrected chi connectivity index (χ0v) is 14.8. The number of rotatable bonds is 3. The Bertz CT molecular complexity index is 668. The van der Waals surface area contributed by atoms with E-state index >= 15 is 0 Å². The second-order valence-corrected chi connectivity index (χ2v) is 8.35. The van der Waals surface area contributed by atoms with Crippen LogP contribution in [0.4, 0.5) is 5.69 Å². The number of thiophene rings is 2. The summed E-state index contributed by atoms with van der Waals surface area (Å²) in [5, 5.41) is 0. The van der Waals surface area contributed by atoms with Crippen molar-refractivity contribution in [2.24, 2.45) is 0 Å². The molecule has 3 nitrogen and oxygen atoms in total. The van der Waals surface area contributed by atoms with E-state index in [1.165, 1.54) is 22.7 Å². The molecule has 0 atom stereocenters. The molecule has 21 heavy (non-hydrogen) atoms. The number of esters is 1. The van der Waals surface area contributed by atoms with Gasteiger partial charge in [-0.1, -0.05) is 18.5 Å². The summed E-state index contributed by atoms with van der Waals surface area (Å²) in [5.41, 5.74) is 7.13. The van der Waals surface area contributed by atoms with E-state index in [2.05, 4.69) is 0 Å². The van der Waals surface area contributed by atoms with Gasteiger partial charge >= 0.3 is 5.97 Å². The van der Waals surface area contributed by atoms with E-state index in [0.29, 0.717) is 10.6 Å². The number of nitrogen functional groups attached to an aromatic ring is 1. The van der Waals surface area contributed by atoms with Crippen molar-refractivity contribution in [1.82, 2.24) is 0 Å². The van der Waals surface area contributed by atoms with Crippen LogP contribution in [0.15, 0.2) is 12.1 Å². The molecule has 0 saturated heterocycles. The smallest absolute Gasteiger partial charge is 0.351 e. The molecule has 114 valence electrons. The Labute approximate surface area is 137 Å². The van der Waals surface area contributed by atoms with E-state index in [4.69, 9.17) is 22.1 Å². The molecular formula is C15H18ClNO2S2. The van der Waals surface area contributed by atoms with Crippen LogP contribution in [-0.2, 0) is 11.2 Å². The van der Waals surface area contributed by atoms with Gasteiger partial charge in [0.25, 0.3) is 0 Å². The van der Waals surface area contributed by atoms with Crippen LogP contribution >= 0.6 is 34.3 Å². The van der Waals surface area contributed by atoms with Crippen molar-refractivity contribution in [3.8, 4) is 9.75 Å². The molecule has 0 spiro atoms. The van der Waals surface area contributed by atoms with Gasteiger partial charge in [-0.25, -0.2) is 4.79 Å². The summed E-state index contributed by atoms with van der Waals surface area (Å²) in [4.78, 5) is 14.8. The van der Waals surface area contributed by atoms with Gasteiger partial charge in [-0.3, -0.25) is 0 Å². The number of carbonyl (C=O) groups excluding carboxylic acids is 1. The van der Waals surface area contributed by atoms with Gasteiger partial charge in [0, 0.05) is 4.88 Å². The Morgan fingerprint density at radius 1 is 1.33 bits per heavy atom. The van der Waals surface area contributed by atoms with Gasteiger partial charge in [-0.15, -0.1) is 22.7 Å². The maximum absolute atomic E-state index is 12.3. The molecule has 2 aromatic rings. The number of hydrogen-bond acceptors (Lipinski definition) is 5. The van der Waals surface area contributed by atoms with E-state index < -0.39 is 5.60 Å². The molecule has 2 heterocycles. The number of anilines is 1. The summed E-state index contributed by atoms with van der Waals surface area (Å²) >= 11 is 8.87. The van der Waals surface area contributed by atoms with Crippen LogP contribution in [0.2, 0.25) is 4.34 Å². The third-order valence-corrected chi connectivity index (χ3v) is 5.42. The molecule has 0 aromatic carbocycles. The normalized spacial score (nSPS) is 11.7. The fourth-order valence-electron chi connectivity index (χ4n) is 1.94. The van der Waals surface area contributed by atoms with Crippen molar-refractivity contribution >= 4 is 45.9 Å². The van der Waals surface area contributed by atoms with Crippen molar-refractivity contribution in [2.45, 2.75) is 39.7 Å². The van der Waals surface area contributed by atoms with E-state index in [1.54, 1.807) is 0 Å². The van der Waals surface area contributed by atoms with Crippen molar-refractivity contribution in [1.29, 1.82) is 0 Å². The Balaban J connectivity index is 2.45. The molecule has 2 aromatic heterocycles. The number of halogens is 1. The fraction of sp³-hybridized carbons (Fsp3) is 0.400. The highest BCUT2D eigenvalue weighted by Gasteiger charge is 2.25. The summed E-state index contributed by atoms with van der Waals surface area (Å²) < 4.78 is 6.15. The van der Waals surface area contributed by atoms with Crippen molar-refractivity contribution in [3.05, 3.63) is 26.9 Å². The topological polar surface area (TPSA) is 52.3 Å². The van der Waals surface area contributed by atoms with Crippen molar-refractivity contribution in [3.63, 3.8) is 0 Å². The van der Waals surface area contributed by atoms with Crippen LogP contribution in [0.5, 0.6) is 0 Å². The predicted octanol–water partition coefficient (Wildman–Crippen LogP) is 5.23. The molecule has 2 rings (SSSR count). The molecule has 0 saturated carbocycles. The van der Waals surface area contributed by atoms with E-state index in [-0.39, 0.29) is 5.97 Å². The average molecular weight is 344 g/mol. The van der Waals surface area contributed by atoms with Crippen LogP contribution in [0.25, 0.3) is 9.75 Å². The first-order valence-electron chi connectivity index (χ1n) is 6.63. The lowest BCUT2D eigenvalue weighted by atomic mass is 10.1. The largest absolute Gasteiger partial charge is 0.456 e. The summed E-state index contributed by atoms with van der Waals surface area (Å²) in [7, 11) is 0. The molecule has 0 unspecified atom stereocenters. The SMILES string of the molecule is CCc1c(-c2ccc(Cl)s2)sc(C(=O)OC(C)(C)C)c1N. The number of hydrogen-bond donors (Lipinski definition) is 1. The average Bonchev–Trinajstić information content (AvgIpc) is 2.90. The Kier molecular flexibility index (Phi) is 4.66. The third-order valence-electron chi connectivity index (χ3n) is 2.78. The minimum absolute atomic E-state index is 0.367. The highest BCUT2D eigenvalue weighted by Crippen LogP contribution is 2.43. The monoisotopic (exact) mass is 343 g/mol. The summed E-state index contributed by atoms with van der Waals surface area (Å²) in [6, 6.07) is 3.81. The summed E-state index contributed by atoms with van der Waals surface area (Å²) in [6.45, 7) is 7.55. The second-order valence-electron chi connectivity index (χ2n) is 5.61. The molecule has 6 heteroatoms. The highest BCUT2D eigenvalue weighted by molar-refractivity contribution is 7.25. The Morgan fingerprint density at radius 2 is 2.00 bits per heavy atom. The minimum Gasteiger partial charge on any atom is -0.456 e. The minimum atomic E-state index is -0.535. The zero-order valence-electron chi connectivity index (χ0n) is 12.5. The number of carbonyl (C=O) groups is 1. The third kappa shape index (κ3) is 3.59. The van der Waals surface area contributed by atoms with Crippen LogP contribution in [-0.4, -0.2) is 11.6 Å². The van der Waals surface area contributed by atoms with Crippen LogP contribution < -0.4 is 5.73 Å².